The quantitative estimate of drug-likeness (QED) is 0.0735. The van der Waals surface area contributed by atoms with Crippen LogP contribution in [0.4, 0.5) is 0 Å². The molecule has 2 unspecified atom stereocenters. The van der Waals surface area contributed by atoms with Gasteiger partial charge >= 0.3 is 0 Å². The third-order valence-corrected chi connectivity index (χ3v) is 6.41. The van der Waals surface area contributed by atoms with Crippen molar-refractivity contribution in [2.75, 3.05) is 0 Å². The lowest BCUT2D eigenvalue weighted by atomic mass is 10.0. The number of rotatable bonds is 25. The topological polar surface area (TPSA) is 102 Å². The number of hydrogen-bond donors (Lipinski definition) is 5. The van der Waals surface area contributed by atoms with E-state index < -0.39 is 18.7 Å². The predicted molar refractivity (Wildman–Crippen MR) is 145 cm³/mol. The van der Waals surface area contributed by atoms with E-state index in [0.29, 0.717) is 12.8 Å². The van der Waals surface area contributed by atoms with Crippen molar-refractivity contribution >= 4 is 18.3 Å². The Hall–Kier alpha value is -0.400. The number of aliphatic hydroxyl groups is 3. The molecule has 0 saturated carbocycles. The average Bonchev–Trinajstić information content (AvgIpc) is 2.79. The molecule has 0 radical (unpaired) electrons. The highest BCUT2D eigenvalue weighted by Gasteiger charge is 2.18. The summed E-state index contributed by atoms with van der Waals surface area (Å²) in [5, 5.41) is 32.6. The summed E-state index contributed by atoms with van der Waals surface area (Å²) < 4.78 is 0. The molecule has 0 spiro atoms. The average molecular weight is 509 g/mol. The van der Waals surface area contributed by atoms with Crippen molar-refractivity contribution in [3.05, 3.63) is 0 Å². The van der Waals surface area contributed by atoms with Gasteiger partial charge in [-0.15, -0.1) is 12.4 Å². The van der Waals surface area contributed by atoms with E-state index in [1.54, 1.807) is 0 Å². The van der Waals surface area contributed by atoms with Crippen LogP contribution in [0.15, 0.2) is 0 Å². The fraction of sp³-hybridized carbons (Fsp3) is 0.963. The highest BCUT2D eigenvalue weighted by Crippen LogP contribution is 2.14. The van der Waals surface area contributed by atoms with Gasteiger partial charge in [-0.05, 0) is 12.8 Å². The summed E-state index contributed by atoms with van der Waals surface area (Å²) in [7, 11) is 0. The Balaban J connectivity index is 0. The van der Waals surface area contributed by atoms with Gasteiger partial charge in [0.05, 0.1) is 6.17 Å². The zero-order valence-electron chi connectivity index (χ0n) is 22.2. The molecule has 0 bridgehead atoms. The molecule has 34 heavy (non-hydrogen) atoms. The van der Waals surface area contributed by atoms with Gasteiger partial charge in [-0.25, -0.2) is 0 Å². The van der Waals surface area contributed by atoms with E-state index >= 15 is 0 Å². The molecule has 1 amide bonds. The number of aliphatic hydroxyl groups excluding tert-OH is 2. The van der Waals surface area contributed by atoms with E-state index in [1.807, 2.05) is 6.92 Å². The van der Waals surface area contributed by atoms with Crippen molar-refractivity contribution in [3.63, 3.8) is 0 Å². The largest absolute Gasteiger partial charge is 0.373 e. The van der Waals surface area contributed by atoms with Crippen LogP contribution < -0.4 is 10.6 Å². The molecule has 0 saturated heterocycles. The molecule has 0 aliphatic heterocycles. The fourth-order valence-corrected chi connectivity index (χ4v) is 4.18. The molecule has 7 heteroatoms. The van der Waals surface area contributed by atoms with Crippen molar-refractivity contribution in [2.24, 2.45) is 0 Å². The first-order chi connectivity index (χ1) is 16.0. The summed E-state index contributed by atoms with van der Waals surface area (Å²) in [5.74, 6) is -0.0686. The van der Waals surface area contributed by atoms with Crippen LogP contribution >= 0.6 is 12.4 Å². The van der Waals surface area contributed by atoms with Gasteiger partial charge in [-0.3, -0.25) is 10.1 Å². The van der Waals surface area contributed by atoms with Crippen molar-refractivity contribution in [1.29, 1.82) is 0 Å². The Morgan fingerprint density at radius 1 is 0.618 bits per heavy atom. The predicted octanol–water partition coefficient (Wildman–Crippen LogP) is 6.30. The number of carbonyl (C=O) groups is 1. The maximum Gasteiger partial charge on any atom is 0.221 e. The SMILES string of the molecule is CCCCCCCCCCCCCCCCCCCCCC(=O)NC(CC)NC(O)C(O)O.Cl. The third kappa shape index (κ3) is 24.7. The first-order valence-corrected chi connectivity index (χ1v) is 14.1. The van der Waals surface area contributed by atoms with Crippen LogP contribution in [0.2, 0.25) is 0 Å². The molecule has 0 heterocycles. The Kier molecular flexibility index (Phi) is 28.6. The van der Waals surface area contributed by atoms with Gasteiger partial charge in [0.1, 0.15) is 0 Å². The highest BCUT2D eigenvalue weighted by atomic mass is 35.5. The fourth-order valence-electron chi connectivity index (χ4n) is 4.18. The Labute approximate surface area is 216 Å². The Bertz CT molecular complexity index is 427. The maximum atomic E-state index is 12.0. The molecule has 5 N–H and O–H groups in total. The molecule has 0 aromatic carbocycles. The van der Waals surface area contributed by atoms with Gasteiger partial charge in [0, 0.05) is 6.42 Å². The Morgan fingerprint density at radius 2 is 0.971 bits per heavy atom. The van der Waals surface area contributed by atoms with Crippen molar-refractivity contribution in [1.82, 2.24) is 10.6 Å². The first kappa shape index (κ1) is 35.8. The zero-order valence-corrected chi connectivity index (χ0v) is 23.1. The van der Waals surface area contributed by atoms with Crippen LogP contribution in [0, 0.1) is 0 Å². The van der Waals surface area contributed by atoms with E-state index in [-0.39, 0.29) is 18.3 Å². The third-order valence-electron chi connectivity index (χ3n) is 6.41. The Morgan fingerprint density at radius 3 is 1.29 bits per heavy atom. The highest BCUT2D eigenvalue weighted by molar-refractivity contribution is 5.85. The minimum Gasteiger partial charge on any atom is -0.373 e. The van der Waals surface area contributed by atoms with Crippen LogP contribution in [-0.2, 0) is 4.79 Å². The number of amides is 1. The maximum absolute atomic E-state index is 12.0. The standard InChI is InChI=1S/C27H56N2O4.ClH/c1-3-5-6-7-8-9-10-11-12-13-14-15-16-17-18-19-20-21-22-23-25(30)28-24(4-2)29-26(31)27(32)33;/h24,26-27,29,31-33H,3-23H2,1-2H3,(H,28,30);1H. The minimum atomic E-state index is -1.87. The lowest BCUT2D eigenvalue weighted by Gasteiger charge is -2.23. The molecular weight excluding hydrogens is 452 g/mol. The molecule has 0 aromatic heterocycles. The zero-order chi connectivity index (χ0) is 24.6. The van der Waals surface area contributed by atoms with Crippen molar-refractivity contribution in [3.8, 4) is 0 Å². The van der Waals surface area contributed by atoms with E-state index in [0.717, 1.165) is 12.8 Å². The monoisotopic (exact) mass is 508 g/mol. The lowest BCUT2D eigenvalue weighted by Crippen LogP contribution is -2.52. The summed E-state index contributed by atoms with van der Waals surface area (Å²) in [5.41, 5.74) is 0. The van der Waals surface area contributed by atoms with Crippen LogP contribution in [0.3, 0.4) is 0 Å². The number of carbonyl (C=O) groups excluding carboxylic acids is 1. The molecule has 0 rings (SSSR count). The second-order valence-corrected chi connectivity index (χ2v) is 9.67. The van der Waals surface area contributed by atoms with Crippen molar-refractivity contribution in [2.45, 2.75) is 167 Å². The number of hydrogen-bond acceptors (Lipinski definition) is 5. The number of unbranched alkanes of at least 4 members (excludes halogenated alkanes) is 18. The van der Waals surface area contributed by atoms with Crippen LogP contribution in [-0.4, -0.2) is 39.9 Å². The normalized spacial score (nSPS) is 13.0. The smallest absolute Gasteiger partial charge is 0.221 e. The van der Waals surface area contributed by atoms with Crippen LogP contribution in [0.25, 0.3) is 0 Å². The summed E-state index contributed by atoms with van der Waals surface area (Å²) >= 11 is 0. The summed E-state index contributed by atoms with van der Waals surface area (Å²) in [4.78, 5) is 12.0. The summed E-state index contributed by atoms with van der Waals surface area (Å²) in [6.45, 7) is 4.13. The minimum absolute atomic E-state index is 0. The van der Waals surface area contributed by atoms with Gasteiger partial charge in [0.2, 0.25) is 5.91 Å². The van der Waals surface area contributed by atoms with Gasteiger partial charge in [0.15, 0.2) is 12.5 Å². The van der Waals surface area contributed by atoms with Crippen LogP contribution in [0.1, 0.15) is 149 Å². The summed E-state index contributed by atoms with van der Waals surface area (Å²) in [6, 6.07) is 0. The van der Waals surface area contributed by atoms with Gasteiger partial charge in [-0.2, -0.15) is 0 Å². The molecule has 2 atom stereocenters. The molecule has 0 aliphatic carbocycles. The molecule has 206 valence electrons. The van der Waals surface area contributed by atoms with E-state index in [4.69, 9.17) is 10.2 Å². The molecular formula is C27H57ClN2O4. The second-order valence-electron chi connectivity index (χ2n) is 9.67. The second kappa shape index (κ2) is 27.2. The van der Waals surface area contributed by atoms with E-state index in [9.17, 15) is 9.90 Å². The molecule has 0 fully saturated rings. The number of nitrogens with one attached hydrogen (secondary N) is 2. The van der Waals surface area contributed by atoms with E-state index in [2.05, 4.69) is 17.6 Å². The number of halogens is 1. The van der Waals surface area contributed by atoms with Gasteiger partial charge in [0.25, 0.3) is 0 Å². The first-order valence-electron chi connectivity index (χ1n) is 14.1. The molecule has 0 aromatic rings. The van der Waals surface area contributed by atoms with Crippen LogP contribution in [0.5, 0.6) is 0 Å². The lowest BCUT2D eigenvalue weighted by molar-refractivity contribution is -0.139. The molecule has 6 nitrogen and oxygen atoms in total. The van der Waals surface area contributed by atoms with Gasteiger partial charge < -0.3 is 20.6 Å². The van der Waals surface area contributed by atoms with E-state index in [1.165, 1.54) is 109 Å². The summed E-state index contributed by atoms with van der Waals surface area (Å²) in [6.07, 6.45) is 22.5. The molecule has 0 aliphatic rings. The van der Waals surface area contributed by atoms with Crippen molar-refractivity contribution < 1.29 is 20.1 Å². The van der Waals surface area contributed by atoms with Gasteiger partial charge in [-0.1, -0.05) is 129 Å².